The lowest BCUT2D eigenvalue weighted by molar-refractivity contribution is 0.141. The van der Waals surface area contributed by atoms with Gasteiger partial charge in [0.15, 0.2) is 0 Å². The molecule has 0 amide bonds. The fraction of sp³-hybridized carbons (Fsp3) is 0.900. The third-order valence-electron chi connectivity index (χ3n) is 6.25. The molecule has 0 spiro atoms. The Morgan fingerprint density at radius 2 is 1.33 bits per heavy atom. The van der Waals surface area contributed by atoms with Crippen LogP contribution in [0.1, 0.15) is 90.4 Å². The average molecular weight is 294 g/mol. The summed E-state index contributed by atoms with van der Waals surface area (Å²) in [5.41, 5.74) is 0. The predicted octanol–water partition coefficient (Wildman–Crippen LogP) is 7.05. The van der Waals surface area contributed by atoms with Gasteiger partial charge in [-0.1, -0.05) is 57.9 Å². The summed E-state index contributed by atoms with van der Waals surface area (Å²) in [6.07, 6.45) is 20.6. The van der Waals surface area contributed by atoms with E-state index in [1.54, 1.807) is 6.08 Å². The van der Waals surface area contributed by atoms with Gasteiger partial charge >= 0.3 is 0 Å². The van der Waals surface area contributed by atoms with Crippen LogP contribution in [-0.4, -0.2) is 0 Å². The van der Waals surface area contributed by atoms with Crippen LogP contribution in [0.3, 0.4) is 0 Å². The van der Waals surface area contributed by atoms with E-state index in [1.807, 2.05) is 0 Å². The first-order valence-corrected chi connectivity index (χ1v) is 9.58. The van der Waals surface area contributed by atoms with Crippen molar-refractivity contribution in [1.82, 2.24) is 0 Å². The van der Waals surface area contributed by atoms with Crippen molar-refractivity contribution >= 4 is 0 Å². The summed E-state index contributed by atoms with van der Waals surface area (Å²) in [6.45, 7) is 2.31. The molecule has 0 radical (unpaired) electrons. The summed E-state index contributed by atoms with van der Waals surface area (Å²) in [5, 5.41) is 0. The van der Waals surface area contributed by atoms with Crippen LogP contribution in [0.2, 0.25) is 0 Å². The van der Waals surface area contributed by atoms with Gasteiger partial charge in [-0.2, -0.15) is 0 Å². The molecular weight excluding hydrogens is 259 g/mol. The lowest BCUT2D eigenvalue weighted by Gasteiger charge is -2.38. The Balaban J connectivity index is 1.62. The Hall–Kier alpha value is -0.330. The molecule has 0 aliphatic heterocycles. The maximum absolute atomic E-state index is 12.0. The summed E-state index contributed by atoms with van der Waals surface area (Å²) in [7, 11) is 0. The number of halogens is 1. The molecule has 2 fully saturated rings. The van der Waals surface area contributed by atoms with Gasteiger partial charge in [-0.05, 0) is 62.2 Å². The van der Waals surface area contributed by atoms with E-state index in [9.17, 15) is 4.39 Å². The van der Waals surface area contributed by atoms with Crippen LogP contribution in [0.25, 0.3) is 0 Å². The first-order chi connectivity index (χ1) is 10.3. The SMILES string of the molecule is CCCC[C@H]1CC[C@H](C2CCC(CC/C=C/F)CC2)CC1. The number of hydrogen-bond acceptors (Lipinski definition) is 0. The van der Waals surface area contributed by atoms with Crippen LogP contribution in [0.5, 0.6) is 0 Å². The highest BCUT2D eigenvalue weighted by atomic mass is 19.1. The van der Waals surface area contributed by atoms with Gasteiger partial charge in [-0.25, -0.2) is 4.39 Å². The second-order valence-corrected chi connectivity index (χ2v) is 7.64. The maximum atomic E-state index is 12.0. The molecule has 0 saturated heterocycles. The van der Waals surface area contributed by atoms with E-state index in [1.165, 1.54) is 77.0 Å². The Labute approximate surface area is 131 Å². The largest absolute Gasteiger partial charge is 0.216 e. The molecule has 0 N–H and O–H groups in total. The summed E-state index contributed by atoms with van der Waals surface area (Å²) < 4.78 is 12.0. The van der Waals surface area contributed by atoms with E-state index in [-0.39, 0.29) is 0 Å². The fourth-order valence-corrected chi connectivity index (χ4v) is 4.78. The summed E-state index contributed by atoms with van der Waals surface area (Å²) in [5.74, 6) is 3.98. The highest BCUT2D eigenvalue weighted by molar-refractivity contribution is 4.83. The lowest BCUT2D eigenvalue weighted by Crippen LogP contribution is -2.25. The van der Waals surface area contributed by atoms with Crippen LogP contribution in [0, 0.1) is 23.7 Å². The normalized spacial score (nSPS) is 34.4. The van der Waals surface area contributed by atoms with Crippen LogP contribution in [0.4, 0.5) is 4.39 Å². The second-order valence-electron chi connectivity index (χ2n) is 7.64. The second kappa shape index (κ2) is 9.64. The fourth-order valence-electron chi connectivity index (χ4n) is 4.78. The van der Waals surface area contributed by atoms with Gasteiger partial charge in [0.25, 0.3) is 0 Å². The molecule has 122 valence electrons. The van der Waals surface area contributed by atoms with Crippen LogP contribution in [0.15, 0.2) is 12.4 Å². The summed E-state index contributed by atoms with van der Waals surface area (Å²) in [6, 6.07) is 0. The van der Waals surface area contributed by atoms with Crippen molar-refractivity contribution in [3.05, 3.63) is 12.4 Å². The van der Waals surface area contributed by atoms with Gasteiger partial charge < -0.3 is 0 Å². The molecule has 0 atom stereocenters. The molecule has 2 rings (SSSR count). The monoisotopic (exact) mass is 294 g/mol. The van der Waals surface area contributed by atoms with Crippen molar-refractivity contribution in [2.24, 2.45) is 23.7 Å². The van der Waals surface area contributed by atoms with E-state index in [2.05, 4.69) is 6.92 Å². The number of unbranched alkanes of at least 4 members (excludes halogenated alkanes) is 1. The third-order valence-corrected chi connectivity index (χ3v) is 6.25. The Kier molecular flexibility index (Phi) is 7.82. The Morgan fingerprint density at radius 1 is 0.810 bits per heavy atom. The van der Waals surface area contributed by atoms with Crippen LogP contribution in [-0.2, 0) is 0 Å². The lowest BCUT2D eigenvalue weighted by atomic mass is 9.68. The van der Waals surface area contributed by atoms with E-state index in [4.69, 9.17) is 0 Å². The van der Waals surface area contributed by atoms with E-state index < -0.39 is 0 Å². The number of rotatable bonds is 7. The zero-order chi connectivity index (χ0) is 14.9. The predicted molar refractivity (Wildman–Crippen MR) is 89.9 cm³/mol. The van der Waals surface area contributed by atoms with Crippen molar-refractivity contribution < 1.29 is 4.39 Å². The standard InChI is InChI=1S/C20H35F/c1-2-3-6-17-8-12-19(13-9-17)20-14-10-18(11-15-20)7-4-5-16-21/h5,16-20H,2-4,6-15H2,1H3/b16-5+/t17-,18?,19-,20?. The van der Waals surface area contributed by atoms with Crippen molar-refractivity contribution in [2.45, 2.75) is 90.4 Å². The van der Waals surface area contributed by atoms with Gasteiger partial charge in [0.1, 0.15) is 0 Å². The molecule has 2 aliphatic rings. The third kappa shape index (κ3) is 5.75. The van der Waals surface area contributed by atoms with Crippen molar-refractivity contribution in [2.75, 3.05) is 0 Å². The molecule has 0 aromatic carbocycles. The molecule has 21 heavy (non-hydrogen) atoms. The van der Waals surface area contributed by atoms with Crippen molar-refractivity contribution in [3.63, 3.8) is 0 Å². The van der Waals surface area contributed by atoms with Crippen LogP contribution >= 0.6 is 0 Å². The molecule has 0 bridgehead atoms. The first kappa shape index (κ1) is 17.0. The minimum Gasteiger partial charge on any atom is -0.216 e. The molecule has 0 nitrogen and oxygen atoms in total. The van der Waals surface area contributed by atoms with Crippen molar-refractivity contribution in [1.29, 1.82) is 0 Å². The number of hydrogen-bond donors (Lipinski definition) is 0. The van der Waals surface area contributed by atoms with Gasteiger partial charge in [0.05, 0.1) is 6.33 Å². The minimum atomic E-state index is 0.711. The molecule has 0 unspecified atom stereocenters. The smallest absolute Gasteiger partial charge is 0.0827 e. The maximum Gasteiger partial charge on any atom is 0.0827 e. The van der Waals surface area contributed by atoms with E-state index in [0.29, 0.717) is 6.33 Å². The summed E-state index contributed by atoms with van der Waals surface area (Å²) in [4.78, 5) is 0. The molecule has 0 aromatic heterocycles. The Morgan fingerprint density at radius 3 is 1.81 bits per heavy atom. The average Bonchev–Trinajstić information content (AvgIpc) is 2.54. The molecule has 2 aliphatic carbocycles. The quantitative estimate of drug-likeness (QED) is 0.472. The summed E-state index contributed by atoms with van der Waals surface area (Å²) >= 11 is 0. The first-order valence-electron chi connectivity index (χ1n) is 9.58. The molecular formula is C20H35F. The van der Waals surface area contributed by atoms with Gasteiger partial charge in [-0.3, -0.25) is 0 Å². The van der Waals surface area contributed by atoms with Gasteiger partial charge in [0.2, 0.25) is 0 Å². The molecule has 1 heteroatoms. The van der Waals surface area contributed by atoms with E-state index >= 15 is 0 Å². The highest BCUT2D eigenvalue weighted by Crippen LogP contribution is 2.43. The van der Waals surface area contributed by atoms with E-state index in [0.717, 1.165) is 30.1 Å². The zero-order valence-corrected chi connectivity index (χ0v) is 14.0. The molecule has 2 saturated carbocycles. The minimum absolute atomic E-state index is 0.711. The van der Waals surface area contributed by atoms with Gasteiger partial charge in [-0.15, -0.1) is 0 Å². The Bertz CT molecular complexity index is 280. The van der Waals surface area contributed by atoms with Crippen LogP contribution < -0.4 is 0 Å². The zero-order valence-electron chi connectivity index (χ0n) is 14.0. The topological polar surface area (TPSA) is 0 Å². The van der Waals surface area contributed by atoms with Gasteiger partial charge in [0, 0.05) is 0 Å². The number of allylic oxidation sites excluding steroid dienone is 1. The molecule has 0 aromatic rings. The van der Waals surface area contributed by atoms with Crippen molar-refractivity contribution in [3.8, 4) is 0 Å². The molecule has 0 heterocycles. The highest BCUT2D eigenvalue weighted by Gasteiger charge is 2.30.